The van der Waals surface area contributed by atoms with E-state index >= 15 is 0 Å². The number of nitrogens with zero attached hydrogens (tertiary/aromatic N) is 2. The van der Waals surface area contributed by atoms with E-state index in [4.69, 9.17) is 9.26 Å². The van der Waals surface area contributed by atoms with Gasteiger partial charge in [0.15, 0.2) is 0 Å². The summed E-state index contributed by atoms with van der Waals surface area (Å²) in [7, 11) is 3.40. The van der Waals surface area contributed by atoms with E-state index in [0.717, 1.165) is 0 Å². The molecule has 2 N–H and O–H groups in total. The van der Waals surface area contributed by atoms with Gasteiger partial charge in [-0.2, -0.15) is 4.98 Å². The zero-order chi connectivity index (χ0) is 15.2. The number of ether oxygens (including phenoxy) is 1. The number of rotatable bonds is 6. The number of carbonyl (C=O) groups is 1. The number of hydrogen-bond donors (Lipinski definition) is 2. The van der Waals surface area contributed by atoms with Crippen LogP contribution in [0.5, 0.6) is 5.75 Å². The molecule has 2 aromatic rings. The van der Waals surface area contributed by atoms with E-state index in [1.54, 1.807) is 19.2 Å². The molecule has 2 rings (SSSR count). The molecule has 1 amide bonds. The standard InChI is InChI=1S/C14H18N4O3.ClH/c1-9(15-2)8-16-13(19)12-17-14(21-18-12)10-5-4-6-11(7-10)20-3;/h4-7,9,15H,8H2,1-3H3,(H,16,19);1H. The number of benzene rings is 1. The Morgan fingerprint density at radius 2 is 2.23 bits per heavy atom. The normalized spacial score (nSPS) is 11.4. The van der Waals surface area contributed by atoms with Gasteiger partial charge in [0.25, 0.3) is 17.6 Å². The third-order valence-electron chi connectivity index (χ3n) is 3.01. The van der Waals surface area contributed by atoms with E-state index in [9.17, 15) is 4.79 Å². The fourth-order valence-corrected chi connectivity index (χ4v) is 1.62. The molecule has 0 bridgehead atoms. The van der Waals surface area contributed by atoms with Gasteiger partial charge in [0.05, 0.1) is 7.11 Å². The van der Waals surface area contributed by atoms with Crippen molar-refractivity contribution in [2.75, 3.05) is 20.7 Å². The first-order valence-electron chi connectivity index (χ1n) is 6.57. The van der Waals surface area contributed by atoms with Crippen LogP contribution in [0.25, 0.3) is 11.5 Å². The van der Waals surface area contributed by atoms with Gasteiger partial charge < -0.3 is 19.9 Å². The number of carbonyl (C=O) groups excluding carboxylic acids is 1. The predicted octanol–water partition coefficient (Wildman–Crippen LogP) is 1.50. The molecule has 0 saturated heterocycles. The molecular weight excluding hydrogens is 308 g/mol. The number of halogens is 1. The zero-order valence-electron chi connectivity index (χ0n) is 12.6. The van der Waals surface area contributed by atoms with Gasteiger partial charge in [0.2, 0.25) is 0 Å². The molecule has 1 heterocycles. The molecule has 0 spiro atoms. The summed E-state index contributed by atoms with van der Waals surface area (Å²) in [6, 6.07) is 7.36. The Hall–Kier alpha value is -2.12. The van der Waals surface area contributed by atoms with Crippen LogP contribution in [0.4, 0.5) is 0 Å². The van der Waals surface area contributed by atoms with E-state index in [-0.39, 0.29) is 36.1 Å². The summed E-state index contributed by atoms with van der Waals surface area (Å²) in [5.41, 5.74) is 0.699. The minimum Gasteiger partial charge on any atom is -0.497 e. The van der Waals surface area contributed by atoms with Crippen molar-refractivity contribution < 1.29 is 14.1 Å². The number of aromatic nitrogens is 2. The Morgan fingerprint density at radius 3 is 2.91 bits per heavy atom. The van der Waals surface area contributed by atoms with Crippen LogP contribution >= 0.6 is 12.4 Å². The summed E-state index contributed by atoms with van der Waals surface area (Å²) in [6.45, 7) is 2.44. The maximum Gasteiger partial charge on any atom is 0.292 e. The lowest BCUT2D eigenvalue weighted by Crippen LogP contribution is -2.37. The molecule has 1 atom stereocenters. The van der Waals surface area contributed by atoms with Crippen LogP contribution in [0, 0.1) is 0 Å². The molecule has 8 heteroatoms. The van der Waals surface area contributed by atoms with Crippen LogP contribution in [0.3, 0.4) is 0 Å². The Balaban J connectivity index is 0.00000242. The molecule has 0 aliphatic carbocycles. The van der Waals surface area contributed by atoms with Crippen LogP contribution < -0.4 is 15.4 Å². The van der Waals surface area contributed by atoms with Crippen LogP contribution in [0.2, 0.25) is 0 Å². The summed E-state index contributed by atoms with van der Waals surface area (Å²) in [5.74, 6) is 0.603. The van der Waals surface area contributed by atoms with Crippen molar-refractivity contribution in [1.82, 2.24) is 20.8 Å². The number of methoxy groups -OCH3 is 1. The molecule has 0 radical (unpaired) electrons. The quantitative estimate of drug-likeness (QED) is 0.836. The molecule has 1 unspecified atom stereocenters. The fourth-order valence-electron chi connectivity index (χ4n) is 1.62. The largest absolute Gasteiger partial charge is 0.497 e. The second-order valence-electron chi connectivity index (χ2n) is 4.55. The van der Waals surface area contributed by atoms with Gasteiger partial charge in [-0.25, -0.2) is 0 Å². The average Bonchev–Trinajstić information content (AvgIpc) is 3.02. The Bertz CT molecular complexity index is 618. The highest BCUT2D eigenvalue weighted by Gasteiger charge is 2.16. The minimum atomic E-state index is -0.366. The third kappa shape index (κ3) is 4.44. The number of amides is 1. The number of hydrogen-bond acceptors (Lipinski definition) is 6. The van der Waals surface area contributed by atoms with Gasteiger partial charge in [-0.05, 0) is 32.2 Å². The summed E-state index contributed by atoms with van der Waals surface area (Å²) < 4.78 is 10.2. The monoisotopic (exact) mass is 326 g/mol. The maximum atomic E-state index is 11.9. The minimum absolute atomic E-state index is 0. The van der Waals surface area contributed by atoms with Crippen molar-refractivity contribution in [1.29, 1.82) is 0 Å². The molecule has 0 aliphatic heterocycles. The highest BCUT2D eigenvalue weighted by molar-refractivity contribution is 5.90. The van der Waals surface area contributed by atoms with Gasteiger partial charge in [0, 0.05) is 18.2 Å². The first kappa shape index (κ1) is 17.9. The third-order valence-corrected chi connectivity index (χ3v) is 3.01. The number of likely N-dealkylation sites (N-methyl/N-ethyl adjacent to an activating group) is 1. The van der Waals surface area contributed by atoms with Crippen LogP contribution in [0.15, 0.2) is 28.8 Å². The highest BCUT2D eigenvalue weighted by Crippen LogP contribution is 2.21. The predicted molar refractivity (Wildman–Crippen MR) is 84.4 cm³/mol. The topological polar surface area (TPSA) is 89.3 Å². The molecule has 0 fully saturated rings. The highest BCUT2D eigenvalue weighted by atomic mass is 35.5. The molecular formula is C14H19ClN4O3. The smallest absolute Gasteiger partial charge is 0.292 e. The van der Waals surface area contributed by atoms with Crippen LogP contribution in [-0.2, 0) is 0 Å². The van der Waals surface area contributed by atoms with E-state index in [2.05, 4.69) is 20.8 Å². The molecule has 22 heavy (non-hydrogen) atoms. The lowest BCUT2D eigenvalue weighted by Gasteiger charge is -2.09. The summed E-state index contributed by atoms with van der Waals surface area (Å²) >= 11 is 0. The van der Waals surface area contributed by atoms with Crippen molar-refractivity contribution in [3.8, 4) is 17.2 Å². The van der Waals surface area contributed by atoms with E-state index in [1.165, 1.54) is 0 Å². The molecule has 1 aromatic heterocycles. The van der Waals surface area contributed by atoms with E-state index < -0.39 is 0 Å². The van der Waals surface area contributed by atoms with Gasteiger partial charge >= 0.3 is 0 Å². The molecule has 1 aromatic carbocycles. The average molecular weight is 327 g/mol. The molecule has 120 valence electrons. The fraction of sp³-hybridized carbons (Fsp3) is 0.357. The van der Waals surface area contributed by atoms with Crippen molar-refractivity contribution >= 4 is 18.3 Å². The summed E-state index contributed by atoms with van der Waals surface area (Å²) in [5, 5.41) is 9.44. The van der Waals surface area contributed by atoms with Crippen molar-refractivity contribution in [3.05, 3.63) is 30.1 Å². The molecule has 7 nitrogen and oxygen atoms in total. The second-order valence-corrected chi connectivity index (χ2v) is 4.55. The Morgan fingerprint density at radius 1 is 1.45 bits per heavy atom. The zero-order valence-corrected chi connectivity index (χ0v) is 13.4. The van der Waals surface area contributed by atoms with E-state index in [1.807, 2.05) is 26.1 Å². The Kier molecular flexibility index (Phi) is 6.81. The lowest BCUT2D eigenvalue weighted by atomic mass is 10.2. The summed E-state index contributed by atoms with van der Waals surface area (Å²) in [6.07, 6.45) is 0. The van der Waals surface area contributed by atoms with Crippen molar-refractivity contribution in [3.63, 3.8) is 0 Å². The van der Waals surface area contributed by atoms with Gasteiger partial charge in [-0.3, -0.25) is 4.79 Å². The summed E-state index contributed by atoms with van der Waals surface area (Å²) in [4.78, 5) is 16.0. The maximum absolute atomic E-state index is 11.9. The van der Waals surface area contributed by atoms with Crippen molar-refractivity contribution in [2.45, 2.75) is 13.0 Å². The molecule has 0 aliphatic rings. The SMILES string of the molecule is CNC(C)CNC(=O)c1noc(-c2cccc(OC)c2)n1.Cl. The van der Waals surface area contributed by atoms with Crippen LogP contribution in [-0.4, -0.2) is 42.8 Å². The van der Waals surface area contributed by atoms with Crippen LogP contribution in [0.1, 0.15) is 17.5 Å². The van der Waals surface area contributed by atoms with Gasteiger partial charge in [-0.1, -0.05) is 11.2 Å². The van der Waals surface area contributed by atoms with Gasteiger partial charge in [0.1, 0.15) is 5.75 Å². The second kappa shape index (κ2) is 8.35. The Labute approximate surface area is 134 Å². The molecule has 0 saturated carbocycles. The van der Waals surface area contributed by atoms with Gasteiger partial charge in [-0.15, -0.1) is 12.4 Å². The first-order valence-corrected chi connectivity index (χ1v) is 6.57. The number of nitrogens with one attached hydrogen (secondary N) is 2. The lowest BCUT2D eigenvalue weighted by molar-refractivity contribution is 0.0937. The van der Waals surface area contributed by atoms with E-state index in [0.29, 0.717) is 17.9 Å². The first-order chi connectivity index (χ1) is 10.1. The van der Waals surface area contributed by atoms with Crippen molar-refractivity contribution in [2.24, 2.45) is 0 Å².